The largest absolute Gasteiger partial charge is 0.493 e. The van der Waals surface area contributed by atoms with Gasteiger partial charge in [-0.2, -0.15) is 5.26 Å². The van der Waals surface area contributed by atoms with Crippen LogP contribution >= 0.6 is 0 Å². The number of fused-ring (bicyclic) bond motifs is 1. The summed E-state index contributed by atoms with van der Waals surface area (Å²) < 4.78 is 19.2. The average Bonchev–Trinajstić information content (AvgIpc) is 3.41. The molecule has 1 saturated carbocycles. The van der Waals surface area contributed by atoms with Gasteiger partial charge in [-0.15, -0.1) is 0 Å². The summed E-state index contributed by atoms with van der Waals surface area (Å²) in [5, 5.41) is 22.9. The predicted molar refractivity (Wildman–Crippen MR) is 162 cm³/mol. The molecule has 1 fully saturated rings. The molecule has 0 unspecified atom stereocenters. The zero-order valence-electron chi connectivity index (χ0n) is 24.1. The highest BCUT2D eigenvalue weighted by Gasteiger charge is 2.50. The van der Waals surface area contributed by atoms with Crippen molar-refractivity contribution >= 4 is 35.6 Å². The lowest BCUT2D eigenvalue weighted by Crippen LogP contribution is -2.66. The zero-order valence-corrected chi connectivity index (χ0v) is 25.1. The highest BCUT2D eigenvalue weighted by Crippen LogP contribution is 2.46. The van der Waals surface area contributed by atoms with Crippen molar-refractivity contribution in [3.05, 3.63) is 90.2 Å². The van der Waals surface area contributed by atoms with Crippen molar-refractivity contribution in [3.63, 3.8) is 0 Å². The van der Waals surface area contributed by atoms with Crippen LogP contribution in [-0.2, 0) is 21.2 Å². The van der Waals surface area contributed by atoms with Gasteiger partial charge in [-0.3, -0.25) is 4.79 Å². The summed E-state index contributed by atoms with van der Waals surface area (Å²) in [6, 6.07) is 29.3. The first-order valence-electron chi connectivity index (χ1n) is 14.1. The molecule has 1 aliphatic rings. The number of hydrogen-bond acceptors (Lipinski definition) is 5. The Morgan fingerprint density at radius 3 is 2.10 bits per heavy atom. The number of aliphatic carboxylic acids is 1. The fourth-order valence-corrected chi connectivity index (χ4v) is 11.1. The van der Waals surface area contributed by atoms with E-state index in [0.717, 1.165) is 10.9 Å². The Balaban J connectivity index is 1.57. The molecule has 1 aromatic heterocycles. The Labute approximate surface area is 242 Å². The third-order valence-electron chi connectivity index (χ3n) is 8.68. The molecule has 1 N–H and O–H groups in total. The minimum absolute atomic E-state index is 0.182. The number of nitrogens with zero attached hydrogens (tertiary/aromatic N) is 1. The van der Waals surface area contributed by atoms with Crippen molar-refractivity contribution in [1.29, 1.82) is 5.26 Å². The molecule has 7 heteroatoms. The maximum atomic E-state index is 11.6. The topological polar surface area (TPSA) is 92.7 Å². The molecule has 212 valence electrons. The van der Waals surface area contributed by atoms with Crippen molar-refractivity contribution in [2.45, 2.75) is 63.5 Å². The minimum atomic E-state index is -2.79. The Kier molecular flexibility index (Phi) is 7.82. The molecule has 0 bridgehead atoms. The molecule has 5 rings (SSSR count). The molecular formula is C34H37NO5Si. The SMILES string of the molecule is COc1ccc(C2(C#N)CCC(C(=O)O)CC2)c2cc(CO[Si](c3ccccc3)(c3ccccc3)C(C)(C)C)oc12. The zero-order chi connectivity index (χ0) is 29.3. The Morgan fingerprint density at radius 1 is 1.02 bits per heavy atom. The van der Waals surface area contributed by atoms with Crippen LogP contribution in [0.1, 0.15) is 57.8 Å². The van der Waals surface area contributed by atoms with E-state index in [1.165, 1.54) is 10.4 Å². The third kappa shape index (κ3) is 5.07. The van der Waals surface area contributed by atoms with Gasteiger partial charge in [0, 0.05) is 5.39 Å². The van der Waals surface area contributed by atoms with Crippen LogP contribution in [0.25, 0.3) is 11.0 Å². The summed E-state index contributed by atoms with van der Waals surface area (Å²) in [5.74, 6) is 0.0475. The van der Waals surface area contributed by atoms with Crippen LogP contribution in [0.3, 0.4) is 0 Å². The molecule has 0 saturated heterocycles. The number of carboxylic acid groups (broad SMARTS) is 1. The van der Waals surface area contributed by atoms with Gasteiger partial charge in [-0.1, -0.05) is 87.5 Å². The molecule has 0 aliphatic heterocycles. The molecular weight excluding hydrogens is 530 g/mol. The van der Waals surface area contributed by atoms with E-state index in [2.05, 4.69) is 75.4 Å². The molecule has 1 aliphatic carbocycles. The van der Waals surface area contributed by atoms with E-state index < -0.39 is 25.6 Å². The first kappa shape index (κ1) is 28.7. The van der Waals surface area contributed by atoms with E-state index in [9.17, 15) is 15.2 Å². The summed E-state index contributed by atoms with van der Waals surface area (Å²) in [7, 11) is -1.18. The number of nitriles is 1. The molecule has 0 radical (unpaired) electrons. The van der Waals surface area contributed by atoms with Crippen molar-refractivity contribution in [2.24, 2.45) is 5.92 Å². The minimum Gasteiger partial charge on any atom is -0.493 e. The van der Waals surface area contributed by atoms with Crippen molar-refractivity contribution < 1.29 is 23.5 Å². The second-order valence-corrected chi connectivity index (χ2v) is 16.3. The average molecular weight is 568 g/mol. The monoisotopic (exact) mass is 567 g/mol. The molecule has 3 aromatic carbocycles. The fraction of sp³-hybridized carbons (Fsp3) is 0.353. The van der Waals surface area contributed by atoms with Gasteiger partial charge < -0.3 is 18.7 Å². The number of carboxylic acids is 1. The molecule has 1 heterocycles. The first-order valence-corrected chi connectivity index (χ1v) is 16.0. The molecule has 4 aromatic rings. The van der Waals surface area contributed by atoms with E-state index >= 15 is 0 Å². The Morgan fingerprint density at radius 2 is 1.61 bits per heavy atom. The van der Waals surface area contributed by atoms with Crippen LogP contribution < -0.4 is 15.1 Å². The number of furan rings is 1. The van der Waals surface area contributed by atoms with Gasteiger partial charge >= 0.3 is 5.97 Å². The summed E-state index contributed by atoms with van der Waals surface area (Å²) in [6.45, 7) is 6.97. The van der Waals surface area contributed by atoms with E-state index in [1.807, 2.05) is 30.3 Å². The normalized spacial score (nSPS) is 19.5. The maximum absolute atomic E-state index is 11.6. The van der Waals surface area contributed by atoms with E-state index in [1.54, 1.807) is 7.11 Å². The van der Waals surface area contributed by atoms with Crippen LogP contribution in [0.5, 0.6) is 5.75 Å². The first-order chi connectivity index (χ1) is 19.6. The molecule has 0 atom stereocenters. The Hall–Kier alpha value is -3.86. The van der Waals surface area contributed by atoms with E-state index in [-0.39, 0.29) is 11.6 Å². The number of rotatable bonds is 8. The van der Waals surface area contributed by atoms with Gasteiger partial charge in [0.25, 0.3) is 8.32 Å². The Bertz CT molecular complexity index is 1520. The second-order valence-electron chi connectivity index (χ2n) is 12.0. The molecule has 41 heavy (non-hydrogen) atoms. The highest BCUT2D eigenvalue weighted by molar-refractivity contribution is 6.99. The van der Waals surface area contributed by atoms with E-state index in [0.29, 0.717) is 42.8 Å². The van der Waals surface area contributed by atoms with Gasteiger partial charge in [0.1, 0.15) is 5.76 Å². The number of benzene rings is 3. The van der Waals surface area contributed by atoms with Crippen molar-refractivity contribution in [1.82, 2.24) is 0 Å². The number of hydrogen-bond donors (Lipinski definition) is 1. The van der Waals surface area contributed by atoms with Crippen LogP contribution in [0, 0.1) is 17.2 Å². The molecule has 0 amide bonds. The second kappa shape index (κ2) is 11.2. The molecule has 0 spiro atoms. The van der Waals surface area contributed by atoms with Crippen LogP contribution in [0.4, 0.5) is 0 Å². The van der Waals surface area contributed by atoms with Gasteiger partial charge in [-0.25, -0.2) is 0 Å². The van der Waals surface area contributed by atoms with E-state index in [4.69, 9.17) is 13.6 Å². The van der Waals surface area contributed by atoms with Crippen molar-refractivity contribution in [3.8, 4) is 11.8 Å². The predicted octanol–water partition coefficient (Wildman–Crippen LogP) is 6.55. The van der Waals surface area contributed by atoms with Gasteiger partial charge in [0.2, 0.25) is 0 Å². The lowest BCUT2D eigenvalue weighted by molar-refractivity contribution is -0.143. The van der Waals surface area contributed by atoms with Crippen LogP contribution in [-0.4, -0.2) is 26.5 Å². The number of ether oxygens (including phenoxy) is 1. The smallest absolute Gasteiger partial charge is 0.306 e. The van der Waals surface area contributed by atoms with Gasteiger partial charge in [0.05, 0.1) is 31.1 Å². The quantitative estimate of drug-likeness (QED) is 0.243. The van der Waals surface area contributed by atoms with Crippen LogP contribution in [0.2, 0.25) is 5.04 Å². The van der Waals surface area contributed by atoms with Crippen molar-refractivity contribution in [2.75, 3.05) is 7.11 Å². The molecule has 6 nitrogen and oxygen atoms in total. The lowest BCUT2D eigenvalue weighted by Gasteiger charge is -2.42. The highest BCUT2D eigenvalue weighted by atomic mass is 28.4. The number of methoxy groups -OCH3 is 1. The number of carbonyl (C=O) groups is 1. The van der Waals surface area contributed by atoms with Gasteiger partial charge in [-0.05, 0) is 58.8 Å². The maximum Gasteiger partial charge on any atom is 0.306 e. The third-order valence-corrected chi connectivity index (χ3v) is 13.7. The summed E-state index contributed by atoms with van der Waals surface area (Å²) >= 11 is 0. The van der Waals surface area contributed by atoms with Gasteiger partial charge in [0.15, 0.2) is 11.3 Å². The summed E-state index contributed by atoms with van der Waals surface area (Å²) in [6.07, 6.45) is 1.91. The summed E-state index contributed by atoms with van der Waals surface area (Å²) in [4.78, 5) is 11.6. The summed E-state index contributed by atoms with van der Waals surface area (Å²) in [5.41, 5.74) is 0.664. The van der Waals surface area contributed by atoms with Crippen LogP contribution in [0.15, 0.2) is 83.3 Å². The standard InChI is InChI=1S/C34H37NO5Si/c1-33(2,3)41(26-11-7-5-8-12-26,27-13-9-6-10-14-27)39-22-25-21-28-29(15-16-30(38-4)31(28)40-25)34(23-35)19-17-24(18-20-34)32(36)37/h5-16,21,24H,17-20,22H2,1-4H3,(H,36,37). The lowest BCUT2D eigenvalue weighted by atomic mass is 9.67. The fourth-order valence-electron chi connectivity index (χ4n) is 6.54.